The summed E-state index contributed by atoms with van der Waals surface area (Å²) in [6, 6.07) is 11.8. The molecule has 1 unspecified atom stereocenters. The number of carbonyl (C=O) groups is 1. The summed E-state index contributed by atoms with van der Waals surface area (Å²) in [5.74, 6) is -0.254. The lowest BCUT2D eigenvalue weighted by Crippen LogP contribution is -2.37. The molecule has 1 N–H and O–H groups in total. The monoisotopic (exact) mass is 327 g/mol. The lowest BCUT2D eigenvalue weighted by atomic mass is 10.1. The molecule has 1 aromatic rings. The summed E-state index contributed by atoms with van der Waals surface area (Å²) in [6.45, 7) is 5.81. The van der Waals surface area contributed by atoms with Crippen LogP contribution in [0.4, 0.5) is 0 Å². The molecule has 0 radical (unpaired) electrons. The van der Waals surface area contributed by atoms with Crippen LogP contribution in [0.1, 0.15) is 32.3 Å². The average molecular weight is 327 g/mol. The van der Waals surface area contributed by atoms with Gasteiger partial charge in [-0.2, -0.15) is 5.26 Å². The molecule has 0 bridgehead atoms. The van der Waals surface area contributed by atoms with E-state index in [1.165, 1.54) is 6.20 Å². The molecule has 0 aliphatic carbocycles. The van der Waals surface area contributed by atoms with Crippen LogP contribution in [-0.4, -0.2) is 36.1 Å². The predicted molar refractivity (Wildman–Crippen MR) is 92.8 cm³/mol. The first kappa shape index (κ1) is 18.0. The quantitative estimate of drug-likeness (QED) is 0.617. The van der Waals surface area contributed by atoms with E-state index in [0.29, 0.717) is 13.1 Å². The molecule has 1 amide bonds. The van der Waals surface area contributed by atoms with Crippen molar-refractivity contribution in [3.8, 4) is 6.07 Å². The van der Waals surface area contributed by atoms with Crippen molar-refractivity contribution in [3.05, 3.63) is 47.7 Å². The topological polar surface area (TPSA) is 65.4 Å². The molecule has 1 aliphatic rings. The molecule has 1 aromatic carbocycles. The second-order valence-corrected chi connectivity index (χ2v) is 6.23. The number of hydrogen-bond donors (Lipinski definition) is 1. The van der Waals surface area contributed by atoms with Crippen molar-refractivity contribution < 1.29 is 9.53 Å². The number of amides is 1. The number of benzene rings is 1. The van der Waals surface area contributed by atoms with Gasteiger partial charge in [0, 0.05) is 31.9 Å². The summed E-state index contributed by atoms with van der Waals surface area (Å²) in [7, 11) is 0. The number of nitrogens with zero attached hydrogens (tertiary/aromatic N) is 2. The van der Waals surface area contributed by atoms with E-state index in [4.69, 9.17) is 4.74 Å². The maximum absolute atomic E-state index is 12.7. The van der Waals surface area contributed by atoms with Crippen LogP contribution in [0.3, 0.4) is 0 Å². The van der Waals surface area contributed by atoms with E-state index in [2.05, 4.69) is 5.32 Å². The van der Waals surface area contributed by atoms with E-state index in [-0.39, 0.29) is 23.6 Å². The smallest absolute Gasteiger partial charge is 0.266 e. The zero-order valence-corrected chi connectivity index (χ0v) is 14.4. The summed E-state index contributed by atoms with van der Waals surface area (Å²) in [6.07, 6.45) is 3.77. The number of ether oxygens (including phenoxy) is 1. The lowest BCUT2D eigenvalue weighted by molar-refractivity contribution is -0.129. The molecule has 1 aliphatic heterocycles. The van der Waals surface area contributed by atoms with Crippen LogP contribution in [0.2, 0.25) is 0 Å². The van der Waals surface area contributed by atoms with Gasteiger partial charge in [0.1, 0.15) is 11.6 Å². The summed E-state index contributed by atoms with van der Waals surface area (Å²) in [5.41, 5.74) is 1.17. The van der Waals surface area contributed by atoms with E-state index in [0.717, 1.165) is 25.0 Å². The molecule has 24 heavy (non-hydrogen) atoms. The molecule has 5 nitrogen and oxygen atoms in total. The van der Waals surface area contributed by atoms with Crippen molar-refractivity contribution in [1.29, 1.82) is 5.26 Å². The zero-order valence-electron chi connectivity index (χ0n) is 14.4. The molecule has 128 valence electrons. The van der Waals surface area contributed by atoms with E-state index in [9.17, 15) is 10.1 Å². The first-order valence-electron chi connectivity index (χ1n) is 8.42. The SMILES string of the molecule is CC(C)N(Cc1ccccc1)C(=O)/C(C#N)=C\NCC1CCCO1. The zero-order chi connectivity index (χ0) is 17.4. The Morgan fingerprint density at radius 1 is 1.46 bits per heavy atom. The van der Waals surface area contributed by atoms with Crippen molar-refractivity contribution in [1.82, 2.24) is 10.2 Å². The van der Waals surface area contributed by atoms with Gasteiger partial charge in [0.2, 0.25) is 0 Å². The highest BCUT2D eigenvalue weighted by atomic mass is 16.5. The van der Waals surface area contributed by atoms with Crippen LogP contribution in [0.5, 0.6) is 0 Å². The van der Waals surface area contributed by atoms with Gasteiger partial charge in [-0.05, 0) is 32.3 Å². The molecule has 1 heterocycles. The third-order valence-electron chi connectivity index (χ3n) is 4.05. The molecule has 1 fully saturated rings. The standard InChI is InChI=1S/C19H25N3O2/c1-15(2)22(14-16-7-4-3-5-8-16)19(23)17(11-20)12-21-13-18-9-6-10-24-18/h3-5,7-8,12,15,18,21H,6,9-10,13-14H2,1-2H3/b17-12-. The Kier molecular flexibility index (Phi) is 6.83. The Morgan fingerprint density at radius 2 is 2.21 bits per heavy atom. The summed E-state index contributed by atoms with van der Waals surface area (Å²) in [5, 5.41) is 12.4. The molecule has 5 heteroatoms. The number of hydrogen-bond acceptors (Lipinski definition) is 4. The molecular formula is C19H25N3O2. The second kappa shape index (κ2) is 9.09. The minimum absolute atomic E-state index is 0.00706. The van der Waals surface area contributed by atoms with Crippen LogP contribution in [0.25, 0.3) is 0 Å². The van der Waals surface area contributed by atoms with Gasteiger partial charge >= 0.3 is 0 Å². The summed E-state index contributed by atoms with van der Waals surface area (Å²) >= 11 is 0. The fraction of sp³-hybridized carbons (Fsp3) is 0.474. The van der Waals surface area contributed by atoms with Crippen LogP contribution >= 0.6 is 0 Å². The van der Waals surface area contributed by atoms with E-state index in [1.54, 1.807) is 4.90 Å². The van der Waals surface area contributed by atoms with Gasteiger partial charge in [-0.1, -0.05) is 30.3 Å². The number of nitriles is 1. The van der Waals surface area contributed by atoms with Gasteiger partial charge in [-0.3, -0.25) is 4.79 Å². The highest BCUT2D eigenvalue weighted by Gasteiger charge is 2.21. The predicted octanol–water partition coefficient (Wildman–Crippen LogP) is 2.60. The highest BCUT2D eigenvalue weighted by Crippen LogP contribution is 2.13. The first-order valence-corrected chi connectivity index (χ1v) is 8.42. The molecule has 0 spiro atoms. The highest BCUT2D eigenvalue weighted by molar-refractivity contribution is 5.97. The normalized spacial score (nSPS) is 17.6. The Hall–Kier alpha value is -2.32. The Balaban J connectivity index is 2.01. The van der Waals surface area contributed by atoms with E-state index in [1.807, 2.05) is 50.2 Å². The van der Waals surface area contributed by atoms with Crippen LogP contribution in [0, 0.1) is 11.3 Å². The van der Waals surface area contributed by atoms with Gasteiger partial charge in [0.25, 0.3) is 5.91 Å². The van der Waals surface area contributed by atoms with Gasteiger partial charge < -0.3 is 15.0 Å². The van der Waals surface area contributed by atoms with Crippen LogP contribution < -0.4 is 5.32 Å². The van der Waals surface area contributed by atoms with E-state index < -0.39 is 0 Å². The number of carbonyl (C=O) groups excluding carboxylic acids is 1. The number of nitrogens with one attached hydrogen (secondary N) is 1. The Bertz CT molecular complexity index is 599. The van der Waals surface area contributed by atoms with Gasteiger partial charge in [0.05, 0.1) is 6.10 Å². The Labute approximate surface area is 143 Å². The molecule has 0 aromatic heterocycles. The fourth-order valence-electron chi connectivity index (χ4n) is 2.66. The van der Waals surface area contributed by atoms with Gasteiger partial charge in [0.15, 0.2) is 0 Å². The summed E-state index contributed by atoms with van der Waals surface area (Å²) in [4.78, 5) is 14.4. The Morgan fingerprint density at radius 3 is 2.79 bits per heavy atom. The average Bonchev–Trinajstić information content (AvgIpc) is 3.10. The van der Waals surface area contributed by atoms with E-state index >= 15 is 0 Å². The van der Waals surface area contributed by atoms with Gasteiger partial charge in [-0.15, -0.1) is 0 Å². The molecular weight excluding hydrogens is 302 g/mol. The third-order valence-corrected chi connectivity index (χ3v) is 4.05. The fourth-order valence-corrected chi connectivity index (χ4v) is 2.66. The minimum atomic E-state index is -0.254. The first-order chi connectivity index (χ1) is 11.6. The molecule has 1 saturated heterocycles. The molecule has 1 atom stereocenters. The van der Waals surface area contributed by atoms with Crippen LogP contribution in [-0.2, 0) is 16.1 Å². The largest absolute Gasteiger partial charge is 0.387 e. The second-order valence-electron chi connectivity index (χ2n) is 6.23. The third kappa shape index (κ3) is 5.10. The maximum atomic E-state index is 12.7. The molecule has 2 rings (SSSR count). The van der Waals surface area contributed by atoms with Crippen molar-refractivity contribution in [2.45, 2.75) is 45.4 Å². The maximum Gasteiger partial charge on any atom is 0.266 e. The van der Waals surface area contributed by atoms with Crippen molar-refractivity contribution in [2.24, 2.45) is 0 Å². The summed E-state index contributed by atoms with van der Waals surface area (Å²) < 4.78 is 5.52. The van der Waals surface area contributed by atoms with Crippen molar-refractivity contribution >= 4 is 5.91 Å². The van der Waals surface area contributed by atoms with Gasteiger partial charge in [-0.25, -0.2) is 0 Å². The lowest BCUT2D eigenvalue weighted by Gasteiger charge is -2.26. The number of rotatable bonds is 7. The minimum Gasteiger partial charge on any atom is -0.387 e. The molecule has 0 saturated carbocycles. The van der Waals surface area contributed by atoms with Crippen LogP contribution in [0.15, 0.2) is 42.1 Å². The van der Waals surface area contributed by atoms with Crippen molar-refractivity contribution in [2.75, 3.05) is 13.2 Å². The van der Waals surface area contributed by atoms with Crippen molar-refractivity contribution in [3.63, 3.8) is 0 Å².